The van der Waals surface area contributed by atoms with Gasteiger partial charge in [-0.1, -0.05) is 25.5 Å². The van der Waals surface area contributed by atoms with E-state index in [1.165, 1.54) is 17.1 Å². The minimum Gasteiger partial charge on any atom is -0.324 e. The zero-order chi connectivity index (χ0) is 14.6. The number of nitrogens with two attached hydrogens (primary N) is 1. The van der Waals surface area contributed by atoms with Crippen LogP contribution in [0.25, 0.3) is 0 Å². The number of thioether (sulfide) groups is 2. The molecular formula is C15H22N2OS2. The number of amides is 1. The van der Waals surface area contributed by atoms with E-state index in [0.717, 1.165) is 12.1 Å². The topological polar surface area (TPSA) is 55.1 Å². The van der Waals surface area contributed by atoms with Gasteiger partial charge in [-0.2, -0.15) is 0 Å². The lowest BCUT2D eigenvalue weighted by Crippen LogP contribution is -2.48. The maximum atomic E-state index is 12.2. The fourth-order valence-corrected chi connectivity index (χ4v) is 5.06. The van der Waals surface area contributed by atoms with Crippen molar-refractivity contribution in [1.29, 1.82) is 0 Å². The molecule has 3 N–H and O–H groups in total. The van der Waals surface area contributed by atoms with Crippen molar-refractivity contribution in [2.45, 2.75) is 36.8 Å². The van der Waals surface area contributed by atoms with E-state index < -0.39 is 5.54 Å². The second-order valence-corrected chi connectivity index (χ2v) is 8.04. The first kappa shape index (κ1) is 15.7. The van der Waals surface area contributed by atoms with Gasteiger partial charge in [0.25, 0.3) is 0 Å². The summed E-state index contributed by atoms with van der Waals surface area (Å²) in [5.74, 6) is 2.29. The Hall–Kier alpha value is -0.650. The fourth-order valence-electron chi connectivity index (χ4n) is 2.22. The number of nitrogens with one attached hydrogen (secondary N) is 1. The van der Waals surface area contributed by atoms with Crippen LogP contribution in [0.4, 0.5) is 5.69 Å². The molecule has 110 valence electrons. The molecular weight excluding hydrogens is 288 g/mol. The number of rotatable bonds is 5. The number of carbonyl (C=O) groups excluding carboxylic acids is 1. The molecule has 0 radical (unpaired) electrons. The van der Waals surface area contributed by atoms with Crippen LogP contribution in [0.1, 0.15) is 36.8 Å². The highest BCUT2D eigenvalue weighted by molar-refractivity contribution is 8.19. The van der Waals surface area contributed by atoms with E-state index in [4.69, 9.17) is 5.73 Å². The van der Waals surface area contributed by atoms with Crippen molar-refractivity contribution in [3.63, 3.8) is 0 Å². The second-order valence-electron chi connectivity index (χ2n) is 5.32. The molecule has 0 aromatic heterocycles. The first-order valence-electron chi connectivity index (χ1n) is 6.96. The van der Waals surface area contributed by atoms with Crippen LogP contribution in [-0.4, -0.2) is 23.0 Å². The van der Waals surface area contributed by atoms with Gasteiger partial charge in [-0.3, -0.25) is 4.79 Å². The van der Waals surface area contributed by atoms with Crippen molar-refractivity contribution in [3.8, 4) is 0 Å². The van der Waals surface area contributed by atoms with Gasteiger partial charge in [0.05, 0.1) is 10.1 Å². The molecule has 1 aromatic carbocycles. The highest BCUT2D eigenvalue weighted by Crippen LogP contribution is 2.45. The van der Waals surface area contributed by atoms with E-state index in [0.29, 0.717) is 11.0 Å². The molecule has 1 unspecified atom stereocenters. The first-order chi connectivity index (χ1) is 9.53. The maximum absolute atomic E-state index is 12.2. The third-order valence-corrected chi connectivity index (χ3v) is 6.43. The molecule has 0 spiro atoms. The molecule has 5 heteroatoms. The SMILES string of the molecule is CCCC(C)(N)C(=O)Nc1cccc(C2SCCS2)c1. The molecule has 1 heterocycles. The van der Waals surface area contributed by atoms with Gasteiger partial charge >= 0.3 is 0 Å². The molecule has 0 bridgehead atoms. The molecule has 1 fully saturated rings. The Labute approximate surface area is 129 Å². The minimum atomic E-state index is -0.804. The van der Waals surface area contributed by atoms with Gasteiger partial charge in [-0.25, -0.2) is 0 Å². The average Bonchev–Trinajstić information content (AvgIpc) is 2.93. The van der Waals surface area contributed by atoms with E-state index in [-0.39, 0.29) is 5.91 Å². The molecule has 1 atom stereocenters. The van der Waals surface area contributed by atoms with Gasteiger partial charge in [0.1, 0.15) is 0 Å². The Morgan fingerprint density at radius 1 is 1.45 bits per heavy atom. The fraction of sp³-hybridized carbons (Fsp3) is 0.533. The van der Waals surface area contributed by atoms with Crippen LogP contribution < -0.4 is 11.1 Å². The van der Waals surface area contributed by atoms with Crippen LogP contribution >= 0.6 is 23.5 Å². The number of hydrogen-bond donors (Lipinski definition) is 2. The highest BCUT2D eigenvalue weighted by atomic mass is 32.2. The normalized spacial score (nSPS) is 18.8. The summed E-state index contributed by atoms with van der Waals surface area (Å²) in [6.07, 6.45) is 1.59. The van der Waals surface area contributed by atoms with Crippen LogP contribution in [0.5, 0.6) is 0 Å². The Bertz CT molecular complexity index is 471. The van der Waals surface area contributed by atoms with Gasteiger partial charge < -0.3 is 11.1 Å². The van der Waals surface area contributed by atoms with Crippen LogP contribution in [0.15, 0.2) is 24.3 Å². The number of carbonyl (C=O) groups is 1. The average molecular weight is 310 g/mol. The highest BCUT2D eigenvalue weighted by Gasteiger charge is 2.27. The monoisotopic (exact) mass is 310 g/mol. The molecule has 1 aliphatic rings. The van der Waals surface area contributed by atoms with Gasteiger partial charge in [0.15, 0.2) is 0 Å². The van der Waals surface area contributed by atoms with Crippen molar-refractivity contribution in [1.82, 2.24) is 0 Å². The van der Waals surface area contributed by atoms with Crippen molar-refractivity contribution in [2.75, 3.05) is 16.8 Å². The summed E-state index contributed by atoms with van der Waals surface area (Å²) in [6.45, 7) is 3.83. The van der Waals surface area contributed by atoms with Gasteiger partial charge in [0.2, 0.25) is 5.91 Å². The zero-order valence-corrected chi connectivity index (χ0v) is 13.7. The number of anilines is 1. The smallest absolute Gasteiger partial charge is 0.244 e. The number of benzene rings is 1. The zero-order valence-electron chi connectivity index (χ0n) is 12.0. The van der Waals surface area contributed by atoms with E-state index in [9.17, 15) is 4.79 Å². The predicted octanol–water partition coefficient (Wildman–Crippen LogP) is 3.62. The Balaban J connectivity index is 2.06. The quantitative estimate of drug-likeness (QED) is 0.872. The van der Waals surface area contributed by atoms with Crippen LogP contribution in [0, 0.1) is 0 Å². The molecule has 0 aliphatic carbocycles. The van der Waals surface area contributed by atoms with Crippen molar-refractivity contribution < 1.29 is 4.79 Å². The van der Waals surface area contributed by atoms with E-state index in [1.807, 2.05) is 42.6 Å². The lowest BCUT2D eigenvalue weighted by Gasteiger charge is -2.23. The first-order valence-corrected chi connectivity index (χ1v) is 9.06. The molecule has 0 saturated carbocycles. The Morgan fingerprint density at radius 2 is 2.15 bits per heavy atom. The standard InChI is InChI=1S/C15H22N2OS2/c1-3-7-15(2,16)14(18)17-12-6-4-5-11(10-12)13-19-8-9-20-13/h4-6,10,13H,3,7-9,16H2,1-2H3,(H,17,18). The summed E-state index contributed by atoms with van der Waals surface area (Å²) in [4.78, 5) is 12.2. The van der Waals surface area contributed by atoms with E-state index >= 15 is 0 Å². The molecule has 1 amide bonds. The largest absolute Gasteiger partial charge is 0.324 e. The lowest BCUT2D eigenvalue weighted by molar-refractivity contribution is -0.120. The van der Waals surface area contributed by atoms with Crippen molar-refractivity contribution in [2.24, 2.45) is 5.73 Å². The molecule has 1 saturated heterocycles. The summed E-state index contributed by atoms with van der Waals surface area (Å²) in [5.41, 5.74) is 7.36. The summed E-state index contributed by atoms with van der Waals surface area (Å²) >= 11 is 3.92. The molecule has 2 rings (SSSR count). The third-order valence-electron chi connectivity index (χ3n) is 3.33. The molecule has 20 heavy (non-hydrogen) atoms. The van der Waals surface area contributed by atoms with E-state index in [2.05, 4.69) is 17.4 Å². The second kappa shape index (κ2) is 6.87. The number of hydrogen-bond acceptors (Lipinski definition) is 4. The molecule has 1 aliphatic heterocycles. The minimum absolute atomic E-state index is 0.108. The Kier molecular flexibility index (Phi) is 5.41. The van der Waals surface area contributed by atoms with E-state index in [1.54, 1.807) is 6.92 Å². The summed E-state index contributed by atoms with van der Waals surface area (Å²) < 4.78 is 0.492. The van der Waals surface area contributed by atoms with Crippen molar-refractivity contribution >= 4 is 35.1 Å². The van der Waals surface area contributed by atoms with Gasteiger partial charge in [0, 0.05) is 17.2 Å². The molecule has 1 aromatic rings. The summed E-state index contributed by atoms with van der Waals surface area (Å²) in [5, 5.41) is 2.95. The Morgan fingerprint density at radius 3 is 2.80 bits per heavy atom. The molecule has 3 nitrogen and oxygen atoms in total. The van der Waals surface area contributed by atoms with Crippen molar-refractivity contribution in [3.05, 3.63) is 29.8 Å². The van der Waals surface area contributed by atoms with Crippen LogP contribution in [0.3, 0.4) is 0 Å². The summed E-state index contributed by atoms with van der Waals surface area (Å²) in [6, 6.07) is 8.11. The predicted molar refractivity (Wildman–Crippen MR) is 90.2 cm³/mol. The van der Waals surface area contributed by atoms with Crippen LogP contribution in [0.2, 0.25) is 0 Å². The third kappa shape index (κ3) is 3.93. The lowest BCUT2D eigenvalue weighted by atomic mass is 9.96. The van der Waals surface area contributed by atoms with Gasteiger partial charge in [-0.05, 0) is 31.0 Å². The summed E-state index contributed by atoms with van der Waals surface area (Å²) in [7, 11) is 0. The van der Waals surface area contributed by atoms with Gasteiger partial charge in [-0.15, -0.1) is 23.5 Å². The van der Waals surface area contributed by atoms with Crippen LogP contribution in [-0.2, 0) is 4.79 Å². The maximum Gasteiger partial charge on any atom is 0.244 e.